The van der Waals surface area contributed by atoms with E-state index in [9.17, 15) is 8.42 Å². The average molecular weight is 309 g/mol. The Kier molecular flexibility index (Phi) is 4.01. The number of hydrogen-bond donors (Lipinski definition) is 1. The molecule has 2 rings (SSSR count). The number of nitrogens with two attached hydrogens (primary N) is 1. The highest BCUT2D eigenvalue weighted by Gasteiger charge is 2.11. The van der Waals surface area contributed by atoms with Crippen molar-refractivity contribution in [3.63, 3.8) is 0 Å². The van der Waals surface area contributed by atoms with Crippen molar-refractivity contribution < 1.29 is 8.42 Å². The highest BCUT2D eigenvalue weighted by molar-refractivity contribution is 7.99. The van der Waals surface area contributed by atoms with E-state index in [2.05, 4.69) is 9.97 Å². The SMILES string of the molecule is Cc1cc(C)nc(Sc2ccc(S(C)(=O)=O)cc2N)n1. The van der Waals surface area contributed by atoms with Gasteiger partial charge in [-0.3, -0.25) is 0 Å². The van der Waals surface area contributed by atoms with Crippen molar-refractivity contribution in [2.24, 2.45) is 0 Å². The van der Waals surface area contributed by atoms with Crippen molar-refractivity contribution in [2.45, 2.75) is 28.8 Å². The van der Waals surface area contributed by atoms with Gasteiger partial charge in [0.05, 0.1) is 4.90 Å². The van der Waals surface area contributed by atoms with Gasteiger partial charge in [0.2, 0.25) is 0 Å². The van der Waals surface area contributed by atoms with E-state index < -0.39 is 9.84 Å². The van der Waals surface area contributed by atoms with Crippen LogP contribution >= 0.6 is 11.8 Å². The van der Waals surface area contributed by atoms with Crippen molar-refractivity contribution in [2.75, 3.05) is 12.0 Å². The van der Waals surface area contributed by atoms with Crippen LogP contribution in [-0.2, 0) is 9.84 Å². The molecule has 1 heterocycles. The van der Waals surface area contributed by atoms with E-state index in [1.165, 1.54) is 23.9 Å². The molecule has 7 heteroatoms. The van der Waals surface area contributed by atoms with Gasteiger partial charge in [-0.15, -0.1) is 0 Å². The first kappa shape index (κ1) is 14.8. The summed E-state index contributed by atoms with van der Waals surface area (Å²) in [4.78, 5) is 9.59. The van der Waals surface area contributed by atoms with Gasteiger partial charge >= 0.3 is 0 Å². The molecule has 1 aromatic heterocycles. The molecule has 0 radical (unpaired) electrons. The van der Waals surface area contributed by atoms with Gasteiger partial charge in [-0.2, -0.15) is 0 Å². The number of sulfone groups is 1. The molecule has 0 atom stereocenters. The number of rotatable bonds is 3. The topological polar surface area (TPSA) is 85.9 Å². The summed E-state index contributed by atoms with van der Waals surface area (Å²) < 4.78 is 22.9. The fraction of sp³-hybridized carbons (Fsp3) is 0.231. The molecule has 106 valence electrons. The van der Waals surface area contributed by atoms with Crippen LogP contribution in [0.25, 0.3) is 0 Å². The minimum Gasteiger partial charge on any atom is -0.398 e. The smallest absolute Gasteiger partial charge is 0.192 e. The Bertz CT molecular complexity index is 738. The van der Waals surface area contributed by atoms with Crippen molar-refractivity contribution in [1.82, 2.24) is 9.97 Å². The maximum Gasteiger partial charge on any atom is 0.192 e. The van der Waals surface area contributed by atoms with Gasteiger partial charge < -0.3 is 5.73 Å². The van der Waals surface area contributed by atoms with Crippen molar-refractivity contribution in [3.8, 4) is 0 Å². The molecule has 0 spiro atoms. The fourth-order valence-corrected chi connectivity index (χ4v) is 3.23. The molecule has 0 saturated heterocycles. The first-order chi connectivity index (χ1) is 9.25. The Morgan fingerprint density at radius 1 is 1.10 bits per heavy atom. The molecular weight excluding hydrogens is 294 g/mol. The number of nitrogen functional groups attached to an aromatic ring is 1. The molecule has 2 N–H and O–H groups in total. The Morgan fingerprint density at radius 3 is 2.20 bits per heavy atom. The van der Waals surface area contributed by atoms with E-state index in [1.807, 2.05) is 19.9 Å². The maximum atomic E-state index is 11.5. The quantitative estimate of drug-likeness (QED) is 0.691. The lowest BCUT2D eigenvalue weighted by molar-refractivity contribution is 0.602. The highest BCUT2D eigenvalue weighted by atomic mass is 32.2. The molecule has 1 aromatic carbocycles. The molecule has 0 bridgehead atoms. The summed E-state index contributed by atoms with van der Waals surface area (Å²) in [7, 11) is -3.25. The van der Waals surface area contributed by atoms with Gasteiger partial charge in [-0.25, -0.2) is 18.4 Å². The molecule has 5 nitrogen and oxygen atoms in total. The fourth-order valence-electron chi connectivity index (χ4n) is 1.69. The zero-order valence-corrected chi connectivity index (χ0v) is 13.0. The Morgan fingerprint density at radius 2 is 1.70 bits per heavy atom. The standard InChI is InChI=1S/C13H15N3O2S2/c1-8-6-9(2)16-13(15-8)19-12-5-4-10(7-11(12)14)20(3,17)18/h4-7H,14H2,1-3H3. The van der Waals surface area contributed by atoms with E-state index in [-0.39, 0.29) is 4.90 Å². The number of nitrogens with zero attached hydrogens (tertiary/aromatic N) is 2. The third-order valence-corrected chi connectivity index (χ3v) is 4.64. The van der Waals surface area contributed by atoms with Gasteiger partial charge in [0.25, 0.3) is 0 Å². The van der Waals surface area contributed by atoms with E-state index in [4.69, 9.17) is 5.73 Å². The predicted molar refractivity (Wildman–Crippen MR) is 79.6 cm³/mol. The normalized spacial score (nSPS) is 11.6. The van der Waals surface area contributed by atoms with Crippen LogP contribution in [0.5, 0.6) is 0 Å². The van der Waals surface area contributed by atoms with E-state index in [1.54, 1.807) is 6.07 Å². The molecule has 0 saturated carbocycles. The van der Waals surface area contributed by atoms with Crippen LogP contribution in [-0.4, -0.2) is 24.6 Å². The van der Waals surface area contributed by atoms with E-state index >= 15 is 0 Å². The Hall–Kier alpha value is -1.60. The monoisotopic (exact) mass is 309 g/mol. The minimum absolute atomic E-state index is 0.209. The molecule has 0 aliphatic rings. The summed E-state index contributed by atoms with van der Waals surface area (Å²) in [5.41, 5.74) is 8.07. The molecule has 0 aliphatic carbocycles. The van der Waals surface area contributed by atoms with Crippen molar-refractivity contribution in [1.29, 1.82) is 0 Å². The third kappa shape index (κ3) is 3.49. The lowest BCUT2D eigenvalue weighted by atomic mass is 10.3. The van der Waals surface area contributed by atoms with Crippen LogP contribution in [0.3, 0.4) is 0 Å². The third-order valence-electron chi connectivity index (χ3n) is 2.57. The van der Waals surface area contributed by atoms with Crippen molar-refractivity contribution in [3.05, 3.63) is 35.7 Å². The first-order valence-corrected chi connectivity index (χ1v) is 8.56. The zero-order valence-electron chi connectivity index (χ0n) is 11.4. The van der Waals surface area contributed by atoms with Crippen LogP contribution in [0.4, 0.5) is 5.69 Å². The second-order valence-electron chi connectivity index (χ2n) is 4.51. The van der Waals surface area contributed by atoms with Crippen LogP contribution in [0, 0.1) is 13.8 Å². The summed E-state index contributed by atoms with van der Waals surface area (Å²) in [6.07, 6.45) is 1.15. The number of anilines is 1. The average Bonchev–Trinajstić information content (AvgIpc) is 2.29. The van der Waals surface area contributed by atoms with Crippen LogP contribution in [0.15, 0.2) is 39.2 Å². The zero-order chi connectivity index (χ0) is 14.9. The second-order valence-corrected chi connectivity index (χ2v) is 7.53. The molecule has 20 heavy (non-hydrogen) atoms. The Labute approximate surface area is 122 Å². The Balaban J connectivity index is 2.35. The summed E-state index contributed by atoms with van der Waals surface area (Å²) in [5.74, 6) is 0. The molecular formula is C13H15N3O2S2. The predicted octanol–water partition coefficient (Wildman–Crippen LogP) is 2.23. The lowest BCUT2D eigenvalue weighted by Gasteiger charge is -2.07. The summed E-state index contributed by atoms with van der Waals surface area (Å²) >= 11 is 1.32. The molecule has 0 fully saturated rings. The summed E-state index contributed by atoms with van der Waals surface area (Å²) in [5, 5.41) is 0.598. The second kappa shape index (κ2) is 5.41. The van der Waals surface area contributed by atoms with Gasteiger partial charge in [0, 0.05) is 28.2 Å². The molecule has 2 aromatic rings. The number of aromatic nitrogens is 2. The van der Waals surface area contributed by atoms with Gasteiger partial charge in [0.1, 0.15) is 0 Å². The number of hydrogen-bond acceptors (Lipinski definition) is 6. The first-order valence-electron chi connectivity index (χ1n) is 5.85. The minimum atomic E-state index is -3.25. The van der Waals surface area contributed by atoms with E-state index in [0.29, 0.717) is 10.8 Å². The highest BCUT2D eigenvalue weighted by Crippen LogP contribution is 2.31. The van der Waals surface area contributed by atoms with Crippen LogP contribution in [0.1, 0.15) is 11.4 Å². The van der Waals surface area contributed by atoms with Crippen LogP contribution < -0.4 is 5.73 Å². The molecule has 0 amide bonds. The van der Waals surface area contributed by atoms with Crippen LogP contribution in [0.2, 0.25) is 0 Å². The maximum absolute atomic E-state index is 11.5. The molecule has 0 unspecified atom stereocenters. The van der Waals surface area contributed by atoms with Gasteiger partial charge in [-0.1, -0.05) is 0 Å². The lowest BCUT2D eigenvalue weighted by Crippen LogP contribution is -2.00. The van der Waals surface area contributed by atoms with Gasteiger partial charge in [-0.05, 0) is 49.9 Å². The summed E-state index contributed by atoms with van der Waals surface area (Å²) in [6, 6.07) is 6.56. The molecule has 0 aliphatic heterocycles. The summed E-state index contributed by atoms with van der Waals surface area (Å²) in [6.45, 7) is 3.80. The number of benzene rings is 1. The van der Waals surface area contributed by atoms with E-state index in [0.717, 1.165) is 22.5 Å². The number of aryl methyl sites for hydroxylation is 2. The van der Waals surface area contributed by atoms with Crippen molar-refractivity contribution >= 4 is 27.3 Å². The van der Waals surface area contributed by atoms with Gasteiger partial charge in [0.15, 0.2) is 15.0 Å². The largest absolute Gasteiger partial charge is 0.398 e.